The molecule has 2 aliphatic rings. The molecule has 2 aromatic rings. The van der Waals surface area contributed by atoms with Gasteiger partial charge in [-0.3, -0.25) is 4.79 Å². The second-order valence-corrected chi connectivity index (χ2v) is 7.96. The van der Waals surface area contributed by atoms with Gasteiger partial charge in [0.1, 0.15) is 0 Å². The fourth-order valence-corrected chi connectivity index (χ4v) is 4.31. The van der Waals surface area contributed by atoms with Crippen molar-refractivity contribution in [2.75, 3.05) is 26.9 Å². The Morgan fingerprint density at radius 1 is 1.25 bits per heavy atom. The van der Waals surface area contributed by atoms with E-state index in [9.17, 15) is 9.59 Å². The zero-order valence-electron chi connectivity index (χ0n) is 15.8. The van der Waals surface area contributed by atoms with Crippen molar-refractivity contribution in [3.8, 4) is 11.5 Å². The van der Waals surface area contributed by atoms with Crippen molar-refractivity contribution in [1.29, 1.82) is 0 Å². The fourth-order valence-electron chi connectivity index (χ4n) is 3.42. The highest BCUT2D eigenvalue weighted by atomic mass is 32.1. The fraction of sp³-hybridized carbons (Fsp3) is 0.400. The number of carbonyl (C=O) groups is 2. The van der Waals surface area contributed by atoms with E-state index in [1.165, 1.54) is 10.4 Å². The molecule has 28 heavy (non-hydrogen) atoms. The van der Waals surface area contributed by atoms with Gasteiger partial charge in [0.05, 0.1) is 0 Å². The van der Waals surface area contributed by atoms with E-state index in [0.29, 0.717) is 31.8 Å². The summed E-state index contributed by atoms with van der Waals surface area (Å²) in [5.74, 6) is 1.50. The van der Waals surface area contributed by atoms with Gasteiger partial charge in [-0.2, -0.15) is 0 Å². The molecule has 3 amide bonds. The Bertz CT molecular complexity index is 882. The van der Waals surface area contributed by atoms with E-state index in [1.54, 1.807) is 23.3 Å². The minimum atomic E-state index is -0.204. The van der Waals surface area contributed by atoms with Crippen LogP contribution in [0.2, 0.25) is 0 Å². The number of amides is 3. The maximum Gasteiger partial charge on any atom is 0.317 e. The smallest absolute Gasteiger partial charge is 0.317 e. The van der Waals surface area contributed by atoms with E-state index in [-0.39, 0.29) is 18.7 Å². The zero-order valence-corrected chi connectivity index (χ0v) is 16.6. The maximum atomic E-state index is 12.4. The third kappa shape index (κ3) is 4.06. The van der Waals surface area contributed by atoms with Gasteiger partial charge in [0.2, 0.25) is 12.7 Å². The summed E-state index contributed by atoms with van der Waals surface area (Å²) < 4.78 is 10.7. The molecule has 8 heteroatoms. The number of urea groups is 1. The van der Waals surface area contributed by atoms with E-state index in [0.717, 1.165) is 24.3 Å². The average Bonchev–Trinajstić information content (AvgIpc) is 3.35. The molecule has 0 bridgehead atoms. The van der Waals surface area contributed by atoms with Crippen LogP contribution in [0.3, 0.4) is 0 Å². The highest BCUT2D eigenvalue weighted by Crippen LogP contribution is 2.32. The van der Waals surface area contributed by atoms with Gasteiger partial charge in [0.15, 0.2) is 11.5 Å². The lowest BCUT2D eigenvalue weighted by Crippen LogP contribution is -2.40. The van der Waals surface area contributed by atoms with Gasteiger partial charge in [-0.15, -0.1) is 11.3 Å². The number of benzene rings is 1. The van der Waals surface area contributed by atoms with Crippen LogP contribution in [0.25, 0.3) is 0 Å². The van der Waals surface area contributed by atoms with Gasteiger partial charge >= 0.3 is 6.03 Å². The summed E-state index contributed by atoms with van der Waals surface area (Å²) in [7, 11) is 1.73. The number of nitrogens with zero attached hydrogens (tertiary/aromatic N) is 2. The van der Waals surface area contributed by atoms with Crippen LogP contribution in [0, 0.1) is 0 Å². The largest absolute Gasteiger partial charge is 0.454 e. The molecular formula is C20H23N3O4S. The molecule has 0 atom stereocenters. The summed E-state index contributed by atoms with van der Waals surface area (Å²) in [4.78, 5) is 29.6. The van der Waals surface area contributed by atoms with Crippen molar-refractivity contribution in [2.45, 2.75) is 25.9 Å². The van der Waals surface area contributed by atoms with Crippen LogP contribution in [0.4, 0.5) is 4.79 Å². The minimum Gasteiger partial charge on any atom is -0.454 e. The number of rotatable bonds is 5. The molecule has 7 nitrogen and oxygen atoms in total. The number of hydrogen-bond donors (Lipinski definition) is 1. The second kappa shape index (κ2) is 8.10. The first-order chi connectivity index (χ1) is 13.6. The summed E-state index contributed by atoms with van der Waals surface area (Å²) in [6, 6.07) is 7.52. The van der Waals surface area contributed by atoms with Crippen molar-refractivity contribution in [2.24, 2.45) is 0 Å². The molecular weight excluding hydrogens is 378 g/mol. The van der Waals surface area contributed by atoms with Crippen LogP contribution in [0.15, 0.2) is 29.6 Å². The topological polar surface area (TPSA) is 71.1 Å². The Morgan fingerprint density at radius 3 is 3.00 bits per heavy atom. The minimum absolute atomic E-state index is 0.0792. The summed E-state index contributed by atoms with van der Waals surface area (Å²) in [5.41, 5.74) is 2.20. The van der Waals surface area contributed by atoms with Crippen LogP contribution < -0.4 is 14.8 Å². The standard InChI is InChI=1S/C20H23N3O4S/c1-22(11-14-2-3-16-17(10-14)27-13-26-16)20(25)21-7-4-19(24)23-8-5-18-15(12-23)6-9-28-18/h2-3,6,9-10H,4-5,7-8,11-13H2,1H3,(H,21,25). The molecule has 1 N–H and O–H groups in total. The van der Waals surface area contributed by atoms with Crippen molar-refractivity contribution in [3.05, 3.63) is 45.6 Å². The van der Waals surface area contributed by atoms with Gasteiger partial charge in [0.25, 0.3) is 0 Å². The molecule has 1 aromatic heterocycles. The molecule has 1 aromatic carbocycles. The highest BCUT2D eigenvalue weighted by Gasteiger charge is 2.21. The van der Waals surface area contributed by atoms with E-state index in [4.69, 9.17) is 9.47 Å². The first-order valence-corrected chi connectivity index (χ1v) is 10.2. The SMILES string of the molecule is CN(Cc1ccc2c(c1)OCO2)C(=O)NCCC(=O)N1CCc2sccc2C1. The number of thiophene rings is 1. The summed E-state index contributed by atoms with van der Waals surface area (Å²) in [6.45, 7) is 2.44. The molecule has 4 rings (SSSR count). The van der Waals surface area contributed by atoms with Crippen LogP contribution in [-0.2, 0) is 24.3 Å². The molecule has 0 aliphatic carbocycles. The first-order valence-electron chi connectivity index (χ1n) is 9.30. The highest BCUT2D eigenvalue weighted by molar-refractivity contribution is 7.10. The Morgan fingerprint density at radius 2 is 2.11 bits per heavy atom. The number of ether oxygens (including phenoxy) is 2. The quantitative estimate of drug-likeness (QED) is 0.836. The average molecular weight is 401 g/mol. The molecule has 148 valence electrons. The first kappa shape index (κ1) is 18.6. The molecule has 0 radical (unpaired) electrons. The molecule has 0 saturated carbocycles. The number of hydrogen-bond acceptors (Lipinski definition) is 5. The molecule has 2 aliphatic heterocycles. The normalized spacial score (nSPS) is 14.5. The third-order valence-electron chi connectivity index (χ3n) is 4.98. The Hall–Kier alpha value is -2.74. The van der Waals surface area contributed by atoms with Gasteiger partial charge in [-0.05, 0) is 41.1 Å². The van der Waals surface area contributed by atoms with Crippen LogP contribution in [0.1, 0.15) is 22.4 Å². The molecule has 0 fully saturated rings. The zero-order chi connectivity index (χ0) is 19.5. The lowest BCUT2D eigenvalue weighted by molar-refractivity contribution is -0.131. The monoisotopic (exact) mass is 401 g/mol. The number of fused-ring (bicyclic) bond motifs is 2. The Kier molecular flexibility index (Phi) is 5.38. The van der Waals surface area contributed by atoms with Crippen LogP contribution in [0.5, 0.6) is 11.5 Å². The van der Waals surface area contributed by atoms with Gasteiger partial charge in [-0.1, -0.05) is 6.07 Å². The van der Waals surface area contributed by atoms with E-state index in [2.05, 4.69) is 16.8 Å². The van der Waals surface area contributed by atoms with Crippen LogP contribution >= 0.6 is 11.3 Å². The molecule has 0 unspecified atom stereocenters. The Labute approximate surface area is 167 Å². The van der Waals surface area contributed by atoms with Gasteiger partial charge < -0.3 is 24.6 Å². The summed E-state index contributed by atoms with van der Waals surface area (Å²) in [5, 5.41) is 4.90. The van der Waals surface area contributed by atoms with Crippen molar-refractivity contribution in [3.63, 3.8) is 0 Å². The van der Waals surface area contributed by atoms with E-state index >= 15 is 0 Å². The lowest BCUT2D eigenvalue weighted by Gasteiger charge is -2.27. The summed E-state index contributed by atoms with van der Waals surface area (Å²) in [6.07, 6.45) is 1.23. The third-order valence-corrected chi connectivity index (χ3v) is 6.00. The predicted octanol–water partition coefficient (Wildman–Crippen LogP) is 2.59. The molecule has 0 spiro atoms. The van der Waals surface area contributed by atoms with Crippen LogP contribution in [-0.4, -0.2) is 48.7 Å². The van der Waals surface area contributed by atoms with Crippen molar-refractivity contribution in [1.82, 2.24) is 15.1 Å². The predicted molar refractivity (Wildman–Crippen MR) is 105 cm³/mol. The number of carbonyl (C=O) groups excluding carboxylic acids is 2. The Balaban J connectivity index is 1.21. The lowest BCUT2D eigenvalue weighted by atomic mass is 10.1. The maximum absolute atomic E-state index is 12.4. The van der Waals surface area contributed by atoms with E-state index in [1.807, 2.05) is 23.1 Å². The van der Waals surface area contributed by atoms with Gasteiger partial charge in [0, 0.05) is 44.5 Å². The molecule has 3 heterocycles. The number of nitrogens with one attached hydrogen (secondary N) is 1. The van der Waals surface area contributed by atoms with Gasteiger partial charge in [-0.25, -0.2) is 4.79 Å². The second-order valence-electron chi connectivity index (χ2n) is 6.96. The summed E-state index contributed by atoms with van der Waals surface area (Å²) >= 11 is 1.76. The molecule has 0 saturated heterocycles. The van der Waals surface area contributed by atoms with Crippen molar-refractivity contribution >= 4 is 23.3 Å². The van der Waals surface area contributed by atoms with Crippen molar-refractivity contribution < 1.29 is 19.1 Å². The van der Waals surface area contributed by atoms with E-state index < -0.39 is 0 Å².